The number of benzene rings is 2. The maximum Gasteiger partial charge on any atom is 0.225 e. The minimum Gasteiger partial charge on any atom is -0.330 e. The van der Waals surface area contributed by atoms with Gasteiger partial charge in [0.05, 0.1) is 41.6 Å². The molecule has 0 radical (unpaired) electrons. The molecular weight excluding hydrogens is 420 g/mol. The highest BCUT2D eigenvalue weighted by atomic mass is 15.8. The van der Waals surface area contributed by atoms with E-state index in [4.69, 9.17) is 10.7 Å². The molecular formula is C28H29N6+. The summed E-state index contributed by atoms with van der Waals surface area (Å²) in [7, 11) is 0. The normalized spacial score (nSPS) is 25.4. The SMILES string of the molecule is NCC1CCCCC1N(c1ccc2ccc(-c3ccccc3)nc2c1)[N+]12C=CN=CC1=CN=C2. The summed E-state index contributed by atoms with van der Waals surface area (Å²) in [6.07, 6.45) is 14.5. The maximum atomic E-state index is 6.31. The first-order valence-electron chi connectivity index (χ1n) is 12.1. The Bertz CT molecular complexity index is 1330. The van der Waals surface area contributed by atoms with Gasteiger partial charge in [0.2, 0.25) is 12.0 Å². The van der Waals surface area contributed by atoms with Gasteiger partial charge in [0.1, 0.15) is 0 Å². The van der Waals surface area contributed by atoms with E-state index in [1.54, 1.807) is 0 Å². The third kappa shape index (κ3) is 3.47. The minimum atomic E-state index is 0.289. The molecule has 0 amide bonds. The molecule has 2 aromatic carbocycles. The van der Waals surface area contributed by atoms with E-state index >= 15 is 0 Å². The van der Waals surface area contributed by atoms with Crippen molar-refractivity contribution in [3.63, 3.8) is 0 Å². The lowest BCUT2D eigenvalue weighted by Gasteiger charge is -2.47. The fraction of sp³-hybridized carbons (Fsp3) is 0.250. The Morgan fingerprint density at radius 1 is 0.971 bits per heavy atom. The Hall–Kier alpha value is -3.61. The topological polar surface area (TPSA) is 66.9 Å². The molecule has 3 aliphatic rings. The summed E-state index contributed by atoms with van der Waals surface area (Å²) in [5, 5.41) is 3.61. The van der Waals surface area contributed by atoms with E-state index in [9.17, 15) is 0 Å². The Morgan fingerprint density at radius 2 is 1.82 bits per heavy atom. The van der Waals surface area contributed by atoms with Crippen LogP contribution in [0.4, 0.5) is 5.69 Å². The summed E-state index contributed by atoms with van der Waals surface area (Å²) in [5.41, 5.74) is 11.6. The van der Waals surface area contributed by atoms with Crippen molar-refractivity contribution < 1.29 is 4.59 Å². The fourth-order valence-corrected chi connectivity index (χ4v) is 5.56. The van der Waals surface area contributed by atoms with Crippen LogP contribution in [0.25, 0.3) is 22.2 Å². The van der Waals surface area contributed by atoms with Crippen molar-refractivity contribution in [1.29, 1.82) is 0 Å². The highest BCUT2D eigenvalue weighted by Gasteiger charge is 2.47. The quantitative estimate of drug-likeness (QED) is 0.531. The van der Waals surface area contributed by atoms with Gasteiger partial charge in [0.25, 0.3) is 0 Å². The number of nitrogens with two attached hydrogens (primary N) is 1. The van der Waals surface area contributed by atoms with E-state index in [1.165, 1.54) is 12.8 Å². The van der Waals surface area contributed by atoms with E-state index in [1.807, 2.05) is 31.0 Å². The number of pyridine rings is 1. The van der Waals surface area contributed by atoms with E-state index < -0.39 is 0 Å². The van der Waals surface area contributed by atoms with Crippen LogP contribution in [0.15, 0.2) is 94.9 Å². The van der Waals surface area contributed by atoms with Crippen LogP contribution < -0.4 is 10.7 Å². The van der Waals surface area contributed by atoms with Gasteiger partial charge in [-0.25, -0.2) is 15.0 Å². The van der Waals surface area contributed by atoms with E-state index in [2.05, 4.69) is 75.8 Å². The van der Waals surface area contributed by atoms with Crippen LogP contribution in [-0.4, -0.2) is 34.7 Å². The second kappa shape index (κ2) is 8.63. The monoisotopic (exact) mass is 449 g/mol. The number of nitrogens with zero attached hydrogens (tertiary/aromatic N) is 5. The fourth-order valence-electron chi connectivity index (χ4n) is 5.56. The zero-order valence-electron chi connectivity index (χ0n) is 19.2. The van der Waals surface area contributed by atoms with Crippen LogP contribution in [0.3, 0.4) is 0 Å². The van der Waals surface area contributed by atoms with Crippen molar-refractivity contribution in [3.8, 4) is 11.3 Å². The van der Waals surface area contributed by atoms with Crippen molar-refractivity contribution in [2.75, 3.05) is 11.6 Å². The molecule has 0 bridgehead atoms. The van der Waals surface area contributed by atoms with Crippen LogP contribution in [0.1, 0.15) is 25.7 Å². The first-order valence-corrected chi connectivity index (χ1v) is 12.1. The number of rotatable bonds is 5. The van der Waals surface area contributed by atoms with E-state index in [0.717, 1.165) is 46.4 Å². The number of aromatic nitrogens is 1. The van der Waals surface area contributed by atoms with E-state index in [-0.39, 0.29) is 6.04 Å². The van der Waals surface area contributed by atoms with E-state index in [0.29, 0.717) is 17.1 Å². The summed E-state index contributed by atoms with van der Waals surface area (Å²) in [6.45, 7) is 0.680. The van der Waals surface area contributed by atoms with Gasteiger partial charge in [-0.15, -0.1) is 4.59 Å². The lowest BCUT2D eigenvalue weighted by molar-refractivity contribution is -0.746. The molecule has 3 atom stereocenters. The Kier molecular flexibility index (Phi) is 5.32. The molecule has 1 fully saturated rings. The second-order valence-corrected chi connectivity index (χ2v) is 9.26. The summed E-state index contributed by atoms with van der Waals surface area (Å²) < 4.78 is 0.411. The van der Waals surface area contributed by atoms with Gasteiger partial charge in [-0.2, -0.15) is 0 Å². The second-order valence-electron chi connectivity index (χ2n) is 9.26. The molecule has 6 nitrogen and oxygen atoms in total. The van der Waals surface area contributed by atoms with Crippen molar-refractivity contribution in [3.05, 3.63) is 85.0 Å². The predicted molar refractivity (Wildman–Crippen MR) is 139 cm³/mol. The Morgan fingerprint density at radius 3 is 2.71 bits per heavy atom. The molecule has 3 aromatic rings. The van der Waals surface area contributed by atoms with Crippen LogP contribution in [0.2, 0.25) is 0 Å². The molecule has 1 aliphatic carbocycles. The van der Waals surface area contributed by atoms with Gasteiger partial charge in [-0.3, -0.25) is 4.99 Å². The lowest BCUT2D eigenvalue weighted by Crippen LogP contribution is -2.62. The van der Waals surface area contributed by atoms with Gasteiger partial charge < -0.3 is 5.73 Å². The third-order valence-electron chi connectivity index (χ3n) is 7.30. The number of aliphatic imine (C=N–C) groups is 2. The molecule has 1 aromatic heterocycles. The molecule has 1 saturated carbocycles. The molecule has 0 saturated heterocycles. The first-order chi connectivity index (χ1) is 16.8. The van der Waals surface area contributed by atoms with Gasteiger partial charge >= 0.3 is 0 Å². The van der Waals surface area contributed by atoms with Crippen molar-refractivity contribution in [1.82, 2.24) is 4.98 Å². The maximum absolute atomic E-state index is 6.31. The Balaban J connectivity index is 1.50. The first kappa shape index (κ1) is 21.0. The third-order valence-corrected chi connectivity index (χ3v) is 7.30. The number of hydrogen-bond acceptors (Lipinski definition) is 5. The zero-order valence-corrected chi connectivity index (χ0v) is 19.2. The predicted octanol–water partition coefficient (Wildman–Crippen LogP) is 5.40. The average Bonchev–Trinajstić information content (AvgIpc) is 3.34. The number of quaternary nitrogens is 1. The summed E-state index contributed by atoms with van der Waals surface area (Å²) >= 11 is 0. The van der Waals surface area contributed by atoms with Crippen LogP contribution in [0.5, 0.6) is 0 Å². The van der Waals surface area contributed by atoms with Crippen LogP contribution in [0, 0.1) is 5.92 Å². The van der Waals surface area contributed by atoms with Crippen LogP contribution >= 0.6 is 0 Å². The standard InChI is InChI=1S/C28H29N6/c29-17-23-8-4-5-9-28(23)33(34-15-14-30-18-25(34)19-31-20-34)24-12-10-22-11-13-26(32-27(22)16-24)21-6-2-1-3-7-21/h1-3,6-7,10-16,18-20,23,28H,4-5,8-9,17,29H2/q+1. The molecule has 34 heavy (non-hydrogen) atoms. The Labute approximate surface area is 200 Å². The zero-order chi connectivity index (χ0) is 23.0. The minimum absolute atomic E-state index is 0.289. The average molecular weight is 450 g/mol. The van der Waals surface area contributed by atoms with Crippen molar-refractivity contribution in [2.24, 2.45) is 21.6 Å². The molecule has 170 valence electrons. The van der Waals surface area contributed by atoms with Gasteiger partial charge in [-0.1, -0.05) is 55.3 Å². The number of fused-ring (bicyclic) bond motifs is 2. The molecule has 3 heterocycles. The van der Waals surface area contributed by atoms with Gasteiger partial charge in [-0.05, 0) is 43.5 Å². The molecule has 2 N–H and O–H groups in total. The number of anilines is 1. The molecule has 6 rings (SSSR count). The molecule has 2 aliphatic heterocycles. The van der Waals surface area contributed by atoms with Crippen molar-refractivity contribution >= 4 is 29.1 Å². The molecule has 6 heteroatoms. The van der Waals surface area contributed by atoms with Crippen molar-refractivity contribution in [2.45, 2.75) is 31.7 Å². The smallest absolute Gasteiger partial charge is 0.225 e. The lowest BCUT2D eigenvalue weighted by atomic mass is 9.83. The summed E-state index contributed by atoms with van der Waals surface area (Å²) in [6, 6.07) is 21.5. The largest absolute Gasteiger partial charge is 0.330 e. The highest BCUT2D eigenvalue weighted by molar-refractivity contribution is 5.86. The molecule has 0 spiro atoms. The number of allylic oxidation sites excluding steroid dienone is 1. The number of hydrogen-bond donors (Lipinski definition) is 1. The summed E-state index contributed by atoms with van der Waals surface area (Å²) in [5.74, 6) is 0.420. The molecule has 3 unspecified atom stereocenters. The van der Waals surface area contributed by atoms with Gasteiger partial charge in [0.15, 0.2) is 6.20 Å². The summed E-state index contributed by atoms with van der Waals surface area (Å²) in [4.78, 5) is 14.0. The van der Waals surface area contributed by atoms with Gasteiger partial charge in [0, 0.05) is 10.9 Å². The highest BCUT2D eigenvalue weighted by Crippen LogP contribution is 2.40. The van der Waals surface area contributed by atoms with Crippen LogP contribution in [-0.2, 0) is 0 Å².